The van der Waals surface area contributed by atoms with Gasteiger partial charge in [0.05, 0.1) is 0 Å². The van der Waals surface area contributed by atoms with Crippen molar-refractivity contribution >= 4 is 24.8 Å². The number of benzene rings is 2. The van der Waals surface area contributed by atoms with Crippen LogP contribution in [0.1, 0.15) is 0 Å². The molecular weight excluding hydrogens is 343 g/mol. The van der Waals surface area contributed by atoms with Gasteiger partial charge in [0.2, 0.25) is 0 Å². The average molecular weight is 369 g/mol. The van der Waals surface area contributed by atoms with Crippen molar-refractivity contribution in [2.45, 2.75) is 0 Å². The van der Waals surface area contributed by atoms with Gasteiger partial charge in [-0.15, -0.1) is 24.8 Å². The lowest BCUT2D eigenvalue weighted by Crippen LogP contribution is -2.45. The summed E-state index contributed by atoms with van der Waals surface area (Å²) in [5, 5.41) is 0. The van der Waals surface area contributed by atoms with E-state index in [1.165, 1.54) is 11.1 Å². The molecule has 0 amide bonds. The smallest absolute Gasteiger partial charge is 0.119 e. The molecule has 2 aromatic carbocycles. The highest BCUT2D eigenvalue weighted by molar-refractivity contribution is 5.85. The first-order valence-electron chi connectivity index (χ1n) is 8.00. The molecule has 0 N–H and O–H groups in total. The van der Waals surface area contributed by atoms with Gasteiger partial charge in [0.15, 0.2) is 0 Å². The Morgan fingerprint density at radius 2 is 1.50 bits per heavy atom. The molecule has 0 atom stereocenters. The van der Waals surface area contributed by atoms with E-state index in [0.29, 0.717) is 0 Å². The van der Waals surface area contributed by atoms with E-state index in [9.17, 15) is 0 Å². The molecule has 1 aliphatic heterocycles. The van der Waals surface area contributed by atoms with Gasteiger partial charge in [-0.3, -0.25) is 4.90 Å². The van der Waals surface area contributed by atoms with Crippen LogP contribution in [0.2, 0.25) is 0 Å². The fourth-order valence-corrected chi connectivity index (χ4v) is 2.76. The average Bonchev–Trinajstić information content (AvgIpc) is 2.58. The molecular formula is C19H26Cl2N2O. The van der Waals surface area contributed by atoms with Gasteiger partial charge in [-0.2, -0.15) is 0 Å². The third-order valence-electron chi connectivity index (χ3n) is 4.21. The Morgan fingerprint density at radius 3 is 2.21 bits per heavy atom. The summed E-state index contributed by atoms with van der Waals surface area (Å²) >= 11 is 0. The van der Waals surface area contributed by atoms with Crippen molar-refractivity contribution in [3.8, 4) is 16.9 Å². The molecule has 1 aliphatic rings. The van der Waals surface area contributed by atoms with Crippen LogP contribution in [0.3, 0.4) is 0 Å². The van der Waals surface area contributed by atoms with Crippen molar-refractivity contribution in [2.75, 3.05) is 46.4 Å². The second kappa shape index (κ2) is 10.6. The van der Waals surface area contributed by atoms with Crippen LogP contribution in [0.15, 0.2) is 54.6 Å². The van der Waals surface area contributed by atoms with Crippen molar-refractivity contribution in [3.05, 3.63) is 54.6 Å². The first-order chi connectivity index (χ1) is 10.8. The van der Waals surface area contributed by atoms with E-state index in [4.69, 9.17) is 4.74 Å². The Hall–Kier alpha value is -1.26. The number of hydrogen-bond acceptors (Lipinski definition) is 3. The number of likely N-dealkylation sites (N-methyl/N-ethyl adjacent to an activating group) is 1. The van der Waals surface area contributed by atoms with E-state index >= 15 is 0 Å². The van der Waals surface area contributed by atoms with Crippen LogP contribution < -0.4 is 4.74 Å². The maximum atomic E-state index is 5.94. The summed E-state index contributed by atoms with van der Waals surface area (Å²) in [6.45, 7) is 6.35. The molecule has 132 valence electrons. The van der Waals surface area contributed by atoms with E-state index in [-0.39, 0.29) is 24.8 Å². The van der Waals surface area contributed by atoms with Gasteiger partial charge in [0.25, 0.3) is 0 Å². The van der Waals surface area contributed by atoms with Gasteiger partial charge in [0.1, 0.15) is 12.4 Å². The van der Waals surface area contributed by atoms with E-state index in [1.807, 2.05) is 12.1 Å². The fraction of sp³-hybridized carbons (Fsp3) is 0.368. The van der Waals surface area contributed by atoms with Crippen LogP contribution in [0.4, 0.5) is 0 Å². The molecule has 0 aliphatic carbocycles. The highest BCUT2D eigenvalue weighted by Crippen LogP contribution is 2.23. The molecule has 3 rings (SSSR count). The summed E-state index contributed by atoms with van der Waals surface area (Å²) in [5.74, 6) is 0.954. The zero-order valence-corrected chi connectivity index (χ0v) is 15.7. The maximum absolute atomic E-state index is 5.94. The summed E-state index contributed by atoms with van der Waals surface area (Å²) in [5.41, 5.74) is 2.43. The third-order valence-corrected chi connectivity index (χ3v) is 4.21. The van der Waals surface area contributed by atoms with E-state index in [2.05, 4.69) is 59.3 Å². The Kier molecular flexibility index (Phi) is 9.16. The SMILES string of the molecule is CN1CCN(CCOc2cccc(-c3ccccc3)c2)CC1.Cl.Cl. The lowest BCUT2D eigenvalue weighted by molar-refractivity contribution is 0.134. The van der Waals surface area contributed by atoms with Crippen molar-refractivity contribution in [1.82, 2.24) is 9.80 Å². The lowest BCUT2D eigenvalue weighted by atomic mass is 10.1. The molecule has 1 heterocycles. The number of ether oxygens (including phenoxy) is 1. The van der Waals surface area contributed by atoms with E-state index < -0.39 is 0 Å². The van der Waals surface area contributed by atoms with Gasteiger partial charge in [-0.1, -0.05) is 42.5 Å². The molecule has 1 saturated heterocycles. The zero-order chi connectivity index (χ0) is 15.2. The van der Waals surface area contributed by atoms with Crippen LogP contribution in [-0.4, -0.2) is 56.2 Å². The van der Waals surface area contributed by atoms with Crippen LogP contribution in [-0.2, 0) is 0 Å². The third kappa shape index (κ3) is 5.99. The highest BCUT2D eigenvalue weighted by atomic mass is 35.5. The summed E-state index contributed by atoms with van der Waals surface area (Å²) in [6.07, 6.45) is 0. The largest absolute Gasteiger partial charge is 0.492 e. The topological polar surface area (TPSA) is 15.7 Å². The second-order valence-corrected chi connectivity index (χ2v) is 5.89. The maximum Gasteiger partial charge on any atom is 0.119 e. The predicted molar refractivity (Wildman–Crippen MR) is 106 cm³/mol. The van der Waals surface area contributed by atoms with Gasteiger partial charge in [-0.25, -0.2) is 0 Å². The van der Waals surface area contributed by atoms with Crippen LogP contribution in [0.5, 0.6) is 5.75 Å². The minimum atomic E-state index is 0. The monoisotopic (exact) mass is 368 g/mol. The number of halogens is 2. The minimum Gasteiger partial charge on any atom is -0.492 e. The summed E-state index contributed by atoms with van der Waals surface area (Å²) in [6, 6.07) is 18.8. The Balaban J connectivity index is 0.00000144. The van der Waals surface area contributed by atoms with Crippen molar-refractivity contribution in [2.24, 2.45) is 0 Å². The standard InChI is InChI=1S/C19H24N2O.2ClH/c1-20-10-12-21(13-11-20)14-15-22-19-9-5-8-18(16-19)17-6-3-2-4-7-17;;/h2-9,16H,10-15H2,1H3;2*1H. The van der Waals surface area contributed by atoms with Gasteiger partial charge >= 0.3 is 0 Å². The first-order valence-corrected chi connectivity index (χ1v) is 8.00. The predicted octanol–water partition coefficient (Wildman–Crippen LogP) is 3.82. The highest BCUT2D eigenvalue weighted by Gasteiger charge is 2.13. The van der Waals surface area contributed by atoms with Gasteiger partial charge in [-0.05, 0) is 30.3 Å². The summed E-state index contributed by atoms with van der Waals surface area (Å²) < 4.78 is 5.94. The van der Waals surface area contributed by atoms with Crippen molar-refractivity contribution < 1.29 is 4.74 Å². The molecule has 0 bridgehead atoms. The van der Waals surface area contributed by atoms with Crippen molar-refractivity contribution in [3.63, 3.8) is 0 Å². The molecule has 0 radical (unpaired) electrons. The lowest BCUT2D eigenvalue weighted by Gasteiger charge is -2.32. The number of nitrogens with zero attached hydrogens (tertiary/aromatic N) is 2. The molecule has 0 aromatic heterocycles. The molecule has 1 fully saturated rings. The Bertz CT molecular complexity index is 587. The molecule has 5 heteroatoms. The Morgan fingerprint density at radius 1 is 0.833 bits per heavy atom. The van der Waals surface area contributed by atoms with Gasteiger partial charge in [0, 0.05) is 32.7 Å². The van der Waals surface area contributed by atoms with Crippen molar-refractivity contribution in [1.29, 1.82) is 0 Å². The molecule has 24 heavy (non-hydrogen) atoms. The number of hydrogen-bond donors (Lipinski definition) is 0. The molecule has 0 saturated carbocycles. The molecule has 0 spiro atoms. The van der Waals surface area contributed by atoms with E-state index in [0.717, 1.165) is 45.1 Å². The summed E-state index contributed by atoms with van der Waals surface area (Å²) in [4.78, 5) is 4.85. The number of piperazine rings is 1. The van der Waals surface area contributed by atoms with Crippen LogP contribution >= 0.6 is 24.8 Å². The Labute approximate surface area is 157 Å². The normalized spacial score (nSPS) is 15.2. The van der Waals surface area contributed by atoms with E-state index in [1.54, 1.807) is 0 Å². The molecule has 3 nitrogen and oxygen atoms in total. The minimum absolute atomic E-state index is 0. The quantitative estimate of drug-likeness (QED) is 0.797. The first kappa shape index (κ1) is 20.8. The summed E-state index contributed by atoms with van der Waals surface area (Å²) in [7, 11) is 2.18. The molecule has 0 unspecified atom stereocenters. The second-order valence-electron chi connectivity index (χ2n) is 5.89. The molecule has 2 aromatic rings. The zero-order valence-electron chi connectivity index (χ0n) is 14.1. The van der Waals surface area contributed by atoms with Gasteiger partial charge < -0.3 is 9.64 Å². The fourth-order valence-electron chi connectivity index (χ4n) is 2.76. The number of rotatable bonds is 5. The van der Waals surface area contributed by atoms with Crippen LogP contribution in [0.25, 0.3) is 11.1 Å². The van der Waals surface area contributed by atoms with Crippen LogP contribution in [0, 0.1) is 0 Å².